The van der Waals surface area contributed by atoms with E-state index in [4.69, 9.17) is 5.73 Å². The van der Waals surface area contributed by atoms with Crippen LogP contribution in [0.15, 0.2) is 5.16 Å². The normalized spacial score (nSPS) is 13.3. The summed E-state index contributed by atoms with van der Waals surface area (Å²) in [6, 6.07) is 0. The van der Waals surface area contributed by atoms with Gasteiger partial charge in [-0.05, 0) is 0 Å². The van der Waals surface area contributed by atoms with Gasteiger partial charge in [0.05, 0.1) is 10.8 Å². The molecular weight excluding hydrogens is 152 g/mol. The Hall–Kier alpha value is -0.910. The monoisotopic (exact) mass is 160 g/mol. The zero-order valence-corrected chi connectivity index (χ0v) is 6.31. The first-order chi connectivity index (χ1) is 4.74. The van der Waals surface area contributed by atoms with Crippen molar-refractivity contribution in [1.29, 1.82) is 0 Å². The van der Waals surface area contributed by atoms with Gasteiger partial charge in [-0.2, -0.15) is 4.98 Å². The van der Waals surface area contributed by atoms with Gasteiger partial charge in [0, 0.05) is 5.75 Å². The third-order valence-electron chi connectivity index (χ3n) is 0.960. The highest BCUT2D eigenvalue weighted by atomic mass is 32.2. The van der Waals surface area contributed by atoms with Crippen LogP contribution >= 0.6 is 0 Å². The minimum Gasteiger partial charge on any atom is -0.366 e. The lowest BCUT2D eigenvalue weighted by atomic mass is 11.0. The van der Waals surface area contributed by atoms with Crippen LogP contribution in [0.25, 0.3) is 0 Å². The van der Waals surface area contributed by atoms with Crippen molar-refractivity contribution in [3.8, 4) is 0 Å². The second kappa shape index (κ2) is 2.78. The number of hydrogen-bond acceptors (Lipinski definition) is 4. The summed E-state index contributed by atoms with van der Waals surface area (Å²) < 4.78 is 10.9. The van der Waals surface area contributed by atoms with Gasteiger partial charge in [-0.3, -0.25) is 9.31 Å². The van der Waals surface area contributed by atoms with Crippen LogP contribution in [0.4, 0.5) is 5.95 Å². The van der Waals surface area contributed by atoms with E-state index in [0.29, 0.717) is 10.9 Å². The summed E-state index contributed by atoms with van der Waals surface area (Å²) in [5.41, 5.74) is 5.18. The summed E-state index contributed by atoms with van der Waals surface area (Å²) in [4.78, 5) is 3.69. The van der Waals surface area contributed by atoms with Gasteiger partial charge in [0.15, 0.2) is 0 Å². The molecule has 6 heteroatoms. The van der Waals surface area contributed by atoms with Crippen LogP contribution in [0, 0.1) is 0 Å². The largest absolute Gasteiger partial charge is 0.366 e. The Morgan fingerprint density at radius 3 is 2.90 bits per heavy atom. The fraction of sp³-hybridized carbons (Fsp3) is 0.500. The minimum absolute atomic E-state index is 0.136. The molecule has 1 aromatic rings. The SMILES string of the molecule is CC[S@](=O)c1nc(N)n[nH]1. The summed E-state index contributed by atoms with van der Waals surface area (Å²) in [6.07, 6.45) is 0. The number of nitrogen functional groups attached to an aromatic ring is 1. The third-order valence-corrected chi connectivity index (χ3v) is 2.10. The van der Waals surface area contributed by atoms with Crippen molar-refractivity contribution in [2.45, 2.75) is 12.1 Å². The smallest absolute Gasteiger partial charge is 0.240 e. The molecule has 0 bridgehead atoms. The molecule has 1 atom stereocenters. The molecule has 0 aliphatic carbocycles. The van der Waals surface area contributed by atoms with Gasteiger partial charge in [0.25, 0.3) is 0 Å². The lowest BCUT2D eigenvalue weighted by molar-refractivity contribution is 0.677. The van der Waals surface area contributed by atoms with Gasteiger partial charge in [-0.15, -0.1) is 5.10 Å². The second-order valence-corrected chi connectivity index (χ2v) is 3.29. The van der Waals surface area contributed by atoms with Crippen LogP contribution < -0.4 is 5.73 Å². The lowest BCUT2D eigenvalue weighted by Crippen LogP contribution is -1.96. The molecule has 3 N–H and O–H groups in total. The maximum atomic E-state index is 10.9. The highest BCUT2D eigenvalue weighted by molar-refractivity contribution is 7.84. The van der Waals surface area contributed by atoms with Gasteiger partial charge < -0.3 is 5.73 Å². The molecule has 0 amide bonds. The van der Waals surface area contributed by atoms with E-state index >= 15 is 0 Å². The molecule has 0 aliphatic rings. The van der Waals surface area contributed by atoms with Crippen LogP contribution in [0.2, 0.25) is 0 Å². The molecule has 1 rings (SSSR count). The highest BCUT2D eigenvalue weighted by Crippen LogP contribution is 1.98. The molecule has 0 aromatic carbocycles. The molecule has 10 heavy (non-hydrogen) atoms. The van der Waals surface area contributed by atoms with Crippen molar-refractivity contribution < 1.29 is 4.21 Å². The van der Waals surface area contributed by atoms with Gasteiger partial charge in [0.2, 0.25) is 11.1 Å². The number of nitrogens with zero attached hydrogens (tertiary/aromatic N) is 2. The number of anilines is 1. The quantitative estimate of drug-likeness (QED) is 0.611. The number of hydrogen-bond donors (Lipinski definition) is 2. The summed E-state index contributed by atoms with van der Waals surface area (Å²) in [6.45, 7) is 1.80. The zero-order chi connectivity index (χ0) is 7.56. The van der Waals surface area contributed by atoms with E-state index < -0.39 is 10.8 Å². The Morgan fingerprint density at radius 2 is 2.50 bits per heavy atom. The molecule has 1 heterocycles. The lowest BCUT2D eigenvalue weighted by Gasteiger charge is -1.87. The van der Waals surface area contributed by atoms with E-state index in [1.54, 1.807) is 6.92 Å². The van der Waals surface area contributed by atoms with Crippen LogP contribution in [-0.4, -0.2) is 25.1 Å². The van der Waals surface area contributed by atoms with Crippen molar-refractivity contribution in [2.75, 3.05) is 11.5 Å². The minimum atomic E-state index is -1.08. The van der Waals surface area contributed by atoms with Crippen LogP contribution in [0.5, 0.6) is 0 Å². The number of aromatic amines is 1. The first-order valence-electron chi connectivity index (χ1n) is 2.80. The number of aromatic nitrogens is 3. The fourth-order valence-electron chi connectivity index (χ4n) is 0.498. The molecule has 0 saturated carbocycles. The van der Waals surface area contributed by atoms with Gasteiger partial charge >= 0.3 is 0 Å². The molecule has 0 spiro atoms. The number of nitrogens with one attached hydrogen (secondary N) is 1. The molecule has 56 valence electrons. The summed E-state index contributed by atoms with van der Waals surface area (Å²) >= 11 is 0. The first kappa shape index (κ1) is 7.20. The first-order valence-corrected chi connectivity index (χ1v) is 4.12. The zero-order valence-electron chi connectivity index (χ0n) is 5.50. The van der Waals surface area contributed by atoms with E-state index in [1.165, 1.54) is 0 Å². The van der Waals surface area contributed by atoms with Crippen molar-refractivity contribution in [2.24, 2.45) is 0 Å². The summed E-state index contributed by atoms with van der Waals surface area (Å²) in [7, 11) is -1.08. The van der Waals surface area contributed by atoms with E-state index in [2.05, 4.69) is 15.2 Å². The number of nitrogens with two attached hydrogens (primary N) is 1. The Bertz CT molecular complexity index is 245. The van der Waals surface area contributed by atoms with Gasteiger partial charge in [-0.1, -0.05) is 6.92 Å². The molecule has 0 unspecified atom stereocenters. The Morgan fingerprint density at radius 1 is 1.80 bits per heavy atom. The van der Waals surface area contributed by atoms with Gasteiger partial charge in [-0.25, -0.2) is 0 Å². The average molecular weight is 160 g/mol. The maximum Gasteiger partial charge on any atom is 0.240 e. The molecule has 0 aliphatic heterocycles. The summed E-state index contributed by atoms with van der Waals surface area (Å²) in [5, 5.41) is 6.35. The van der Waals surface area contributed by atoms with Crippen molar-refractivity contribution in [1.82, 2.24) is 15.2 Å². The van der Waals surface area contributed by atoms with Crippen LogP contribution in [0.3, 0.4) is 0 Å². The predicted molar refractivity (Wildman–Crippen MR) is 37.7 cm³/mol. The van der Waals surface area contributed by atoms with Crippen LogP contribution in [0.1, 0.15) is 6.92 Å². The maximum absolute atomic E-state index is 10.9. The van der Waals surface area contributed by atoms with E-state index in [0.717, 1.165) is 0 Å². The molecule has 0 radical (unpaired) electrons. The summed E-state index contributed by atoms with van der Waals surface area (Å²) in [5.74, 6) is 0.658. The molecule has 5 nitrogen and oxygen atoms in total. The van der Waals surface area contributed by atoms with Gasteiger partial charge in [0.1, 0.15) is 0 Å². The number of rotatable bonds is 2. The highest BCUT2D eigenvalue weighted by Gasteiger charge is 2.04. The average Bonchev–Trinajstić information content (AvgIpc) is 2.34. The second-order valence-electron chi connectivity index (χ2n) is 1.63. The van der Waals surface area contributed by atoms with E-state index in [-0.39, 0.29) is 5.95 Å². The third kappa shape index (κ3) is 1.32. The van der Waals surface area contributed by atoms with Crippen molar-refractivity contribution >= 4 is 16.7 Å². The Labute approximate surface area is 60.5 Å². The fourth-order valence-corrected chi connectivity index (χ4v) is 1.11. The van der Waals surface area contributed by atoms with Crippen LogP contribution in [-0.2, 0) is 10.8 Å². The number of H-pyrrole nitrogens is 1. The molecule has 0 fully saturated rings. The molecular formula is C4H8N4OS. The van der Waals surface area contributed by atoms with Crippen molar-refractivity contribution in [3.63, 3.8) is 0 Å². The topological polar surface area (TPSA) is 84.7 Å². The Balaban J connectivity index is 2.85. The van der Waals surface area contributed by atoms with Crippen molar-refractivity contribution in [3.05, 3.63) is 0 Å². The predicted octanol–water partition coefficient (Wildman–Crippen LogP) is -0.486. The Kier molecular flexibility index (Phi) is 2.00. The molecule has 1 aromatic heterocycles. The van der Waals surface area contributed by atoms with E-state index in [1.807, 2.05) is 0 Å². The standard InChI is InChI=1S/C4H8N4OS/c1-2-10(9)4-6-3(5)7-8-4/h2H2,1H3,(H3,5,6,7,8)/t10-/m0/s1. The van der Waals surface area contributed by atoms with E-state index in [9.17, 15) is 4.21 Å². The molecule has 0 saturated heterocycles.